The second-order valence-electron chi connectivity index (χ2n) is 4.11. The first-order valence-electron chi connectivity index (χ1n) is 5.43. The largest absolute Gasteiger partial charge is 0.393 e. The molecule has 1 rings (SSSR count). The van der Waals surface area contributed by atoms with E-state index in [0.717, 1.165) is 5.69 Å². The van der Waals surface area contributed by atoms with Crippen LogP contribution in [-0.4, -0.2) is 34.7 Å². The lowest BCUT2D eigenvalue weighted by atomic mass is 10.2. The molecule has 0 aliphatic heterocycles. The Morgan fingerprint density at radius 1 is 1.59 bits per heavy atom. The molecule has 0 bridgehead atoms. The fourth-order valence-electron chi connectivity index (χ4n) is 1.45. The molecule has 17 heavy (non-hydrogen) atoms. The summed E-state index contributed by atoms with van der Waals surface area (Å²) in [5, 5.41) is 20.1. The highest BCUT2D eigenvalue weighted by atomic mass is 16.6. The van der Waals surface area contributed by atoms with E-state index >= 15 is 0 Å². The summed E-state index contributed by atoms with van der Waals surface area (Å²) in [5.74, 6) is 0.343. The number of nitro groups is 1. The molecule has 0 spiro atoms. The highest BCUT2D eigenvalue weighted by molar-refractivity contribution is 5.57. The Balaban J connectivity index is 2.94. The normalized spacial score (nSPS) is 12.2. The Labute approximate surface area is 100 Å². The van der Waals surface area contributed by atoms with E-state index in [1.54, 1.807) is 31.9 Å². The van der Waals surface area contributed by atoms with Crippen LogP contribution < -0.4 is 4.90 Å². The van der Waals surface area contributed by atoms with E-state index in [2.05, 4.69) is 4.98 Å². The molecule has 0 saturated carbocycles. The highest BCUT2D eigenvalue weighted by Crippen LogP contribution is 2.25. The van der Waals surface area contributed by atoms with E-state index in [0.29, 0.717) is 18.8 Å². The smallest absolute Gasteiger partial charge is 0.311 e. The van der Waals surface area contributed by atoms with Gasteiger partial charge in [0.15, 0.2) is 0 Å². The molecule has 1 atom stereocenters. The summed E-state index contributed by atoms with van der Waals surface area (Å²) in [6.45, 7) is 4.00. The molecule has 1 N–H and O–H groups in total. The molecule has 94 valence electrons. The standard InChI is InChI=1S/C11H17N3O3/c1-8-4-5-10(14(16)17)11(12-8)13(3)7-6-9(2)15/h4-5,9,15H,6-7H2,1-3H3. The minimum absolute atomic E-state index is 0.0105. The van der Waals surface area contributed by atoms with Gasteiger partial charge in [-0.1, -0.05) is 0 Å². The number of aliphatic hydroxyl groups excluding tert-OH is 1. The van der Waals surface area contributed by atoms with Crippen molar-refractivity contribution in [2.24, 2.45) is 0 Å². The van der Waals surface area contributed by atoms with Crippen molar-refractivity contribution in [2.45, 2.75) is 26.4 Å². The zero-order valence-electron chi connectivity index (χ0n) is 10.3. The van der Waals surface area contributed by atoms with Gasteiger partial charge in [0.25, 0.3) is 0 Å². The average molecular weight is 239 g/mol. The lowest BCUT2D eigenvalue weighted by Crippen LogP contribution is -2.23. The monoisotopic (exact) mass is 239 g/mol. The van der Waals surface area contributed by atoms with Gasteiger partial charge in [-0.05, 0) is 26.3 Å². The number of pyridine rings is 1. The first-order chi connectivity index (χ1) is 7.91. The second-order valence-corrected chi connectivity index (χ2v) is 4.11. The van der Waals surface area contributed by atoms with Crippen molar-refractivity contribution in [3.05, 3.63) is 27.9 Å². The molecule has 1 heterocycles. The van der Waals surface area contributed by atoms with Crippen molar-refractivity contribution < 1.29 is 10.0 Å². The second kappa shape index (κ2) is 5.58. The molecule has 0 fully saturated rings. The molecule has 0 aromatic carbocycles. The quantitative estimate of drug-likeness (QED) is 0.622. The predicted octanol–water partition coefficient (Wildman–Crippen LogP) is 1.51. The van der Waals surface area contributed by atoms with Crippen molar-refractivity contribution in [1.82, 2.24) is 4.98 Å². The summed E-state index contributed by atoms with van der Waals surface area (Å²) in [7, 11) is 1.73. The van der Waals surface area contributed by atoms with Crippen molar-refractivity contribution in [3.8, 4) is 0 Å². The van der Waals surface area contributed by atoms with Gasteiger partial charge in [0, 0.05) is 25.4 Å². The van der Waals surface area contributed by atoms with Crippen LogP contribution in [0.3, 0.4) is 0 Å². The van der Waals surface area contributed by atoms with Crippen molar-refractivity contribution in [3.63, 3.8) is 0 Å². The summed E-state index contributed by atoms with van der Waals surface area (Å²) < 4.78 is 0. The molecule has 6 nitrogen and oxygen atoms in total. The molecular formula is C11H17N3O3. The number of aliphatic hydroxyl groups is 1. The van der Waals surface area contributed by atoms with Crippen LogP contribution in [-0.2, 0) is 0 Å². The third kappa shape index (κ3) is 3.67. The summed E-state index contributed by atoms with van der Waals surface area (Å²) in [6.07, 6.45) is 0.116. The Hall–Kier alpha value is -1.69. The van der Waals surface area contributed by atoms with Gasteiger partial charge in [-0.2, -0.15) is 0 Å². The Morgan fingerprint density at radius 3 is 2.76 bits per heavy atom. The van der Waals surface area contributed by atoms with Crippen molar-refractivity contribution >= 4 is 11.5 Å². The molecule has 0 saturated heterocycles. The lowest BCUT2D eigenvalue weighted by Gasteiger charge is -2.19. The van der Waals surface area contributed by atoms with Gasteiger partial charge < -0.3 is 10.0 Å². The summed E-state index contributed by atoms with van der Waals surface area (Å²) in [6, 6.07) is 3.07. The van der Waals surface area contributed by atoms with Crippen LogP contribution in [0.5, 0.6) is 0 Å². The molecule has 1 aromatic rings. The molecule has 0 radical (unpaired) electrons. The predicted molar refractivity (Wildman–Crippen MR) is 65.2 cm³/mol. The Morgan fingerprint density at radius 2 is 2.24 bits per heavy atom. The zero-order chi connectivity index (χ0) is 13.0. The van der Waals surface area contributed by atoms with E-state index < -0.39 is 11.0 Å². The first-order valence-corrected chi connectivity index (χ1v) is 5.43. The van der Waals surface area contributed by atoms with E-state index in [-0.39, 0.29) is 5.69 Å². The maximum Gasteiger partial charge on any atom is 0.311 e. The molecule has 0 aliphatic carbocycles. The molecule has 0 aliphatic rings. The van der Waals surface area contributed by atoms with Crippen LogP contribution in [0.2, 0.25) is 0 Å². The minimum atomic E-state index is -0.444. The van der Waals surface area contributed by atoms with Crippen molar-refractivity contribution in [1.29, 1.82) is 0 Å². The number of hydrogen-bond donors (Lipinski definition) is 1. The van der Waals surface area contributed by atoms with E-state index in [1.165, 1.54) is 6.07 Å². The molecular weight excluding hydrogens is 222 g/mol. The maximum absolute atomic E-state index is 10.9. The fourth-order valence-corrected chi connectivity index (χ4v) is 1.45. The van der Waals surface area contributed by atoms with Crippen molar-refractivity contribution in [2.75, 3.05) is 18.5 Å². The topological polar surface area (TPSA) is 79.5 Å². The summed E-state index contributed by atoms with van der Waals surface area (Å²) in [5.41, 5.74) is 0.721. The van der Waals surface area contributed by atoms with Crippen LogP contribution in [0.1, 0.15) is 19.0 Å². The zero-order valence-corrected chi connectivity index (χ0v) is 10.3. The average Bonchev–Trinajstić information content (AvgIpc) is 2.25. The van der Waals surface area contributed by atoms with Gasteiger partial charge in [-0.15, -0.1) is 0 Å². The number of rotatable bonds is 5. The SMILES string of the molecule is Cc1ccc([N+](=O)[O-])c(N(C)CCC(C)O)n1. The number of aryl methyl sites for hydroxylation is 1. The molecule has 0 amide bonds. The third-order valence-corrected chi connectivity index (χ3v) is 2.43. The lowest BCUT2D eigenvalue weighted by molar-refractivity contribution is -0.384. The van der Waals surface area contributed by atoms with Crippen LogP contribution in [0.25, 0.3) is 0 Å². The molecule has 6 heteroatoms. The number of aromatic nitrogens is 1. The first kappa shape index (κ1) is 13.4. The minimum Gasteiger partial charge on any atom is -0.393 e. The van der Waals surface area contributed by atoms with Crippen LogP contribution in [0.15, 0.2) is 12.1 Å². The number of nitrogens with zero attached hydrogens (tertiary/aromatic N) is 3. The van der Waals surface area contributed by atoms with E-state index in [4.69, 9.17) is 0 Å². The summed E-state index contributed by atoms with van der Waals surface area (Å²) >= 11 is 0. The van der Waals surface area contributed by atoms with Gasteiger partial charge in [0.1, 0.15) is 0 Å². The maximum atomic E-state index is 10.9. The van der Waals surface area contributed by atoms with Crippen LogP contribution in [0, 0.1) is 17.0 Å². The van der Waals surface area contributed by atoms with Crippen LogP contribution in [0.4, 0.5) is 11.5 Å². The van der Waals surface area contributed by atoms with Gasteiger partial charge in [-0.25, -0.2) is 4.98 Å². The Bertz CT molecular complexity index is 407. The summed E-state index contributed by atoms with van der Waals surface area (Å²) in [4.78, 5) is 16.3. The van der Waals surface area contributed by atoms with Gasteiger partial charge in [-0.3, -0.25) is 10.1 Å². The fraction of sp³-hybridized carbons (Fsp3) is 0.545. The number of hydrogen-bond acceptors (Lipinski definition) is 5. The van der Waals surface area contributed by atoms with E-state index in [9.17, 15) is 15.2 Å². The van der Waals surface area contributed by atoms with Gasteiger partial charge >= 0.3 is 5.69 Å². The third-order valence-electron chi connectivity index (χ3n) is 2.43. The van der Waals surface area contributed by atoms with E-state index in [1.807, 2.05) is 0 Å². The number of anilines is 1. The Kier molecular flexibility index (Phi) is 4.39. The van der Waals surface area contributed by atoms with Crippen LogP contribution >= 0.6 is 0 Å². The molecule has 1 unspecified atom stereocenters. The highest BCUT2D eigenvalue weighted by Gasteiger charge is 2.18. The van der Waals surface area contributed by atoms with Gasteiger partial charge in [0.2, 0.25) is 5.82 Å². The molecule has 1 aromatic heterocycles. The van der Waals surface area contributed by atoms with Gasteiger partial charge in [0.05, 0.1) is 11.0 Å².